The molecule has 0 aliphatic carbocycles. The Kier molecular flexibility index (Phi) is 4.06. The van der Waals surface area contributed by atoms with E-state index >= 15 is 0 Å². The molecule has 0 aliphatic rings. The third-order valence-corrected chi connectivity index (χ3v) is 4.73. The lowest BCUT2D eigenvalue weighted by Gasteiger charge is -2.03. The van der Waals surface area contributed by atoms with Gasteiger partial charge in [0.25, 0.3) is 0 Å². The molecule has 3 rings (SSSR count). The Labute approximate surface area is 129 Å². The summed E-state index contributed by atoms with van der Waals surface area (Å²) in [5, 5.41) is 5.85. The van der Waals surface area contributed by atoms with Crippen LogP contribution in [0.15, 0.2) is 24.4 Å². The van der Waals surface area contributed by atoms with Gasteiger partial charge >= 0.3 is 0 Å². The second kappa shape index (κ2) is 5.98. The fourth-order valence-electron chi connectivity index (χ4n) is 2.51. The predicted molar refractivity (Wildman–Crippen MR) is 89.0 cm³/mol. The molecular weight excluding hydrogens is 278 g/mol. The van der Waals surface area contributed by atoms with Crippen LogP contribution in [0.4, 0.5) is 0 Å². The minimum atomic E-state index is 0.998. The molecule has 0 saturated carbocycles. The van der Waals surface area contributed by atoms with Crippen molar-refractivity contribution in [1.29, 1.82) is 0 Å². The zero-order chi connectivity index (χ0) is 14.8. The Hall–Kier alpha value is -1.68. The van der Waals surface area contributed by atoms with Gasteiger partial charge in [0.2, 0.25) is 4.96 Å². The van der Waals surface area contributed by atoms with Crippen molar-refractivity contribution >= 4 is 16.3 Å². The number of rotatable bonds is 5. The zero-order valence-corrected chi connectivity index (χ0v) is 13.7. The number of unbranched alkanes of at least 4 members (excludes halogenated alkanes) is 2. The van der Waals surface area contributed by atoms with E-state index in [0.717, 1.165) is 17.1 Å². The fourth-order valence-corrected chi connectivity index (χ4v) is 3.43. The first-order chi connectivity index (χ1) is 10.2. The Morgan fingerprint density at radius 3 is 2.81 bits per heavy atom. The monoisotopic (exact) mass is 299 g/mol. The van der Waals surface area contributed by atoms with Gasteiger partial charge in [-0.15, -0.1) is 0 Å². The van der Waals surface area contributed by atoms with Gasteiger partial charge in [0, 0.05) is 12.0 Å². The Bertz CT molecular complexity index is 723. The van der Waals surface area contributed by atoms with E-state index in [4.69, 9.17) is 4.98 Å². The van der Waals surface area contributed by atoms with Gasteiger partial charge in [-0.3, -0.25) is 0 Å². The highest BCUT2D eigenvalue weighted by Crippen LogP contribution is 2.26. The normalized spacial score (nSPS) is 11.4. The highest BCUT2D eigenvalue weighted by molar-refractivity contribution is 7.16. The molecule has 0 aliphatic heterocycles. The molecule has 2 aromatic heterocycles. The van der Waals surface area contributed by atoms with E-state index in [1.165, 1.54) is 41.0 Å². The molecule has 110 valence electrons. The fraction of sp³-hybridized carbons (Fsp3) is 0.412. The Balaban J connectivity index is 1.88. The average molecular weight is 299 g/mol. The number of fused-ring (bicyclic) bond motifs is 1. The van der Waals surface area contributed by atoms with E-state index in [9.17, 15) is 0 Å². The van der Waals surface area contributed by atoms with Crippen LogP contribution in [0.2, 0.25) is 0 Å². The minimum Gasteiger partial charge on any atom is -0.217 e. The van der Waals surface area contributed by atoms with Crippen molar-refractivity contribution in [1.82, 2.24) is 14.6 Å². The van der Waals surface area contributed by atoms with Gasteiger partial charge in [-0.2, -0.15) is 5.10 Å². The maximum absolute atomic E-state index is 4.75. The van der Waals surface area contributed by atoms with Crippen molar-refractivity contribution < 1.29 is 0 Å². The van der Waals surface area contributed by atoms with Crippen molar-refractivity contribution in [2.45, 2.75) is 46.5 Å². The summed E-state index contributed by atoms with van der Waals surface area (Å²) in [4.78, 5) is 5.75. The lowest BCUT2D eigenvalue weighted by Crippen LogP contribution is -1.88. The SMILES string of the molecule is CCCCCc1nn2cc(-c3cc(C)ccc3C)nc2s1. The number of hydrogen-bond donors (Lipinski definition) is 0. The van der Waals surface area contributed by atoms with E-state index in [-0.39, 0.29) is 0 Å². The number of imidazole rings is 1. The second-order valence-electron chi connectivity index (χ2n) is 5.62. The summed E-state index contributed by atoms with van der Waals surface area (Å²) >= 11 is 1.71. The molecule has 0 unspecified atom stereocenters. The third kappa shape index (κ3) is 3.00. The van der Waals surface area contributed by atoms with E-state index < -0.39 is 0 Å². The molecule has 0 N–H and O–H groups in total. The van der Waals surface area contributed by atoms with Crippen molar-refractivity contribution in [3.05, 3.63) is 40.5 Å². The first-order valence-electron chi connectivity index (χ1n) is 7.60. The molecule has 0 atom stereocenters. The summed E-state index contributed by atoms with van der Waals surface area (Å²) < 4.78 is 1.93. The minimum absolute atomic E-state index is 0.998. The second-order valence-corrected chi connectivity index (χ2v) is 6.67. The van der Waals surface area contributed by atoms with E-state index in [2.05, 4.69) is 50.3 Å². The summed E-state index contributed by atoms with van der Waals surface area (Å²) in [6, 6.07) is 6.49. The number of aromatic nitrogens is 3. The molecule has 2 heterocycles. The van der Waals surface area contributed by atoms with Crippen LogP contribution in [0.1, 0.15) is 42.3 Å². The van der Waals surface area contributed by atoms with Gasteiger partial charge in [0.15, 0.2) is 0 Å². The molecule has 4 heteroatoms. The van der Waals surface area contributed by atoms with Gasteiger partial charge < -0.3 is 0 Å². The van der Waals surface area contributed by atoms with Gasteiger partial charge in [-0.25, -0.2) is 9.50 Å². The molecule has 0 spiro atoms. The maximum atomic E-state index is 4.75. The maximum Gasteiger partial charge on any atom is 0.212 e. The number of nitrogens with zero attached hydrogens (tertiary/aromatic N) is 3. The van der Waals surface area contributed by atoms with E-state index in [0.29, 0.717) is 0 Å². The standard InChI is InChI=1S/C17H21N3S/c1-4-5-6-7-16-19-20-11-15(18-17(20)21-16)14-10-12(2)8-9-13(14)3/h8-11H,4-7H2,1-3H3. The first kappa shape index (κ1) is 14.3. The smallest absolute Gasteiger partial charge is 0.212 e. The van der Waals surface area contributed by atoms with Crippen molar-refractivity contribution in [3.63, 3.8) is 0 Å². The third-order valence-electron chi connectivity index (χ3n) is 3.75. The highest BCUT2D eigenvalue weighted by Gasteiger charge is 2.11. The molecule has 3 aromatic rings. The number of hydrogen-bond acceptors (Lipinski definition) is 3. The molecule has 0 saturated heterocycles. The summed E-state index contributed by atoms with van der Waals surface area (Å²) in [5.74, 6) is 0. The predicted octanol–water partition coefficient (Wildman–Crippen LogP) is 4.81. The quantitative estimate of drug-likeness (QED) is 0.633. The van der Waals surface area contributed by atoms with Gasteiger partial charge in [0.05, 0.1) is 11.9 Å². The molecule has 0 bridgehead atoms. The van der Waals surface area contributed by atoms with Gasteiger partial charge in [0.1, 0.15) is 5.01 Å². The molecule has 3 nitrogen and oxygen atoms in total. The Morgan fingerprint density at radius 2 is 2.05 bits per heavy atom. The zero-order valence-electron chi connectivity index (χ0n) is 12.9. The first-order valence-corrected chi connectivity index (χ1v) is 8.41. The van der Waals surface area contributed by atoms with Crippen LogP contribution < -0.4 is 0 Å². The lowest BCUT2D eigenvalue weighted by molar-refractivity contribution is 0.706. The number of aryl methyl sites for hydroxylation is 3. The molecule has 0 amide bonds. The van der Waals surface area contributed by atoms with Crippen LogP contribution >= 0.6 is 11.3 Å². The summed E-state index contributed by atoms with van der Waals surface area (Å²) in [5.41, 5.74) is 4.75. The van der Waals surface area contributed by atoms with Crippen LogP contribution in [0.25, 0.3) is 16.2 Å². The number of benzene rings is 1. The average Bonchev–Trinajstić information content (AvgIpc) is 3.00. The van der Waals surface area contributed by atoms with Crippen molar-refractivity contribution in [3.8, 4) is 11.3 Å². The van der Waals surface area contributed by atoms with Crippen LogP contribution in [0.5, 0.6) is 0 Å². The molecule has 1 aromatic carbocycles. The highest BCUT2D eigenvalue weighted by atomic mass is 32.1. The molecule has 0 fully saturated rings. The molecular formula is C17H21N3S. The van der Waals surface area contributed by atoms with E-state index in [1.54, 1.807) is 11.3 Å². The summed E-state index contributed by atoms with van der Waals surface area (Å²) in [7, 11) is 0. The lowest BCUT2D eigenvalue weighted by atomic mass is 10.0. The Morgan fingerprint density at radius 1 is 1.19 bits per heavy atom. The summed E-state index contributed by atoms with van der Waals surface area (Å²) in [6.45, 7) is 6.47. The molecule has 0 radical (unpaired) electrons. The molecule has 21 heavy (non-hydrogen) atoms. The van der Waals surface area contributed by atoms with Crippen LogP contribution in [0.3, 0.4) is 0 Å². The van der Waals surface area contributed by atoms with Crippen LogP contribution in [-0.4, -0.2) is 14.6 Å². The van der Waals surface area contributed by atoms with Crippen molar-refractivity contribution in [2.75, 3.05) is 0 Å². The van der Waals surface area contributed by atoms with Crippen LogP contribution in [-0.2, 0) is 6.42 Å². The largest absolute Gasteiger partial charge is 0.217 e. The van der Waals surface area contributed by atoms with Gasteiger partial charge in [-0.05, 0) is 31.9 Å². The van der Waals surface area contributed by atoms with E-state index in [1.807, 2.05) is 4.52 Å². The van der Waals surface area contributed by atoms with Crippen LogP contribution in [0, 0.1) is 13.8 Å². The topological polar surface area (TPSA) is 30.2 Å². The summed E-state index contributed by atoms with van der Waals surface area (Å²) in [6.07, 6.45) is 6.86. The van der Waals surface area contributed by atoms with Crippen molar-refractivity contribution in [2.24, 2.45) is 0 Å². The van der Waals surface area contributed by atoms with Gasteiger partial charge in [-0.1, -0.05) is 48.8 Å².